The SMILES string of the molecule is COc1cc(CN2C(=O)NC(C)(C)C2=O)ccc1C(N)=S. The molecule has 7 heteroatoms. The molecule has 0 aliphatic carbocycles. The van der Waals surface area contributed by atoms with Gasteiger partial charge in [-0.3, -0.25) is 9.69 Å². The van der Waals surface area contributed by atoms with Gasteiger partial charge in [-0.1, -0.05) is 18.3 Å². The van der Waals surface area contributed by atoms with E-state index in [0.29, 0.717) is 11.3 Å². The first-order valence-corrected chi connectivity index (χ1v) is 6.78. The van der Waals surface area contributed by atoms with E-state index >= 15 is 0 Å². The molecule has 1 aliphatic heterocycles. The van der Waals surface area contributed by atoms with E-state index in [4.69, 9.17) is 22.7 Å². The minimum atomic E-state index is -0.875. The van der Waals surface area contributed by atoms with Crippen molar-refractivity contribution < 1.29 is 14.3 Å². The van der Waals surface area contributed by atoms with E-state index in [0.717, 1.165) is 5.56 Å². The molecule has 6 nitrogen and oxygen atoms in total. The number of nitrogens with two attached hydrogens (primary N) is 1. The second kappa shape index (κ2) is 5.33. The van der Waals surface area contributed by atoms with Gasteiger partial charge >= 0.3 is 6.03 Å². The Hall–Kier alpha value is -2.15. The van der Waals surface area contributed by atoms with Crippen LogP contribution in [0.25, 0.3) is 0 Å². The number of methoxy groups -OCH3 is 1. The van der Waals surface area contributed by atoms with Gasteiger partial charge in [-0.05, 0) is 31.5 Å². The van der Waals surface area contributed by atoms with Gasteiger partial charge in [0, 0.05) is 0 Å². The molecule has 3 amide bonds. The molecule has 0 unspecified atom stereocenters. The number of hydrogen-bond donors (Lipinski definition) is 2. The second-order valence-electron chi connectivity index (χ2n) is 5.35. The highest BCUT2D eigenvalue weighted by Gasteiger charge is 2.44. The summed E-state index contributed by atoms with van der Waals surface area (Å²) in [6, 6.07) is 4.81. The van der Waals surface area contributed by atoms with Crippen LogP contribution in [0.5, 0.6) is 5.75 Å². The fourth-order valence-corrected chi connectivity index (χ4v) is 2.35. The average Bonchev–Trinajstić information content (AvgIpc) is 2.60. The number of benzene rings is 1. The molecule has 1 heterocycles. The van der Waals surface area contributed by atoms with Crippen LogP contribution in [0.1, 0.15) is 25.0 Å². The van der Waals surface area contributed by atoms with Crippen molar-refractivity contribution in [2.45, 2.75) is 25.9 Å². The standard InChI is InChI=1S/C14H17N3O3S/c1-14(2)12(18)17(13(19)16-14)7-8-4-5-9(11(15)21)10(6-8)20-3/h4-6H,7H2,1-3H3,(H2,15,21)(H,16,19). The molecule has 0 bridgehead atoms. The van der Waals surface area contributed by atoms with Gasteiger partial charge in [-0.15, -0.1) is 0 Å². The van der Waals surface area contributed by atoms with Crippen molar-refractivity contribution in [3.05, 3.63) is 29.3 Å². The molecule has 0 spiro atoms. The van der Waals surface area contributed by atoms with E-state index < -0.39 is 11.6 Å². The van der Waals surface area contributed by atoms with Gasteiger partial charge in [0.2, 0.25) is 0 Å². The predicted octanol–water partition coefficient (Wildman–Crippen LogP) is 1.16. The zero-order valence-electron chi connectivity index (χ0n) is 12.1. The Labute approximate surface area is 128 Å². The van der Waals surface area contributed by atoms with Crippen molar-refractivity contribution in [2.24, 2.45) is 5.73 Å². The summed E-state index contributed by atoms with van der Waals surface area (Å²) in [6.07, 6.45) is 0. The third-order valence-corrected chi connectivity index (χ3v) is 3.54. The Kier molecular flexibility index (Phi) is 3.87. The molecule has 1 aromatic carbocycles. The highest BCUT2D eigenvalue weighted by atomic mass is 32.1. The van der Waals surface area contributed by atoms with Gasteiger partial charge in [0.15, 0.2) is 0 Å². The van der Waals surface area contributed by atoms with Crippen LogP contribution in [0.15, 0.2) is 18.2 Å². The third kappa shape index (κ3) is 2.82. The molecule has 0 saturated carbocycles. The molecular formula is C14H17N3O3S. The number of imide groups is 1. The number of amides is 3. The Morgan fingerprint density at radius 1 is 1.43 bits per heavy atom. The maximum absolute atomic E-state index is 12.1. The van der Waals surface area contributed by atoms with E-state index in [-0.39, 0.29) is 17.4 Å². The van der Waals surface area contributed by atoms with Crippen LogP contribution >= 0.6 is 12.2 Å². The van der Waals surface area contributed by atoms with Crippen LogP contribution in [0, 0.1) is 0 Å². The fraction of sp³-hybridized carbons (Fsp3) is 0.357. The van der Waals surface area contributed by atoms with Crippen molar-refractivity contribution in [1.29, 1.82) is 0 Å². The summed E-state index contributed by atoms with van der Waals surface area (Å²) in [5.41, 5.74) is 6.11. The van der Waals surface area contributed by atoms with Gasteiger partial charge in [-0.25, -0.2) is 4.79 Å². The van der Waals surface area contributed by atoms with Gasteiger partial charge in [0.25, 0.3) is 5.91 Å². The average molecular weight is 307 g/mol. The molecule has 0 radical (unpaired) electrons. The van der Waals surface area contributed by atoms with Crippen molar-refractivity contribution >= 4 is 29.1 Å². The highest BCUT2D eigenvalue weighted by molar-refractivity contribution is 7.80. The molecule has 0 aromatic heterocycles. The highest BCUT2D eigenvalue weighted by Crippen LogP contribution is 2.24. The number of urea groups is 1. The van der Waals surface area contributed by atoms with Gasteiger partial charge < -0.3 is 15.8 Å². The van der Waals surface area contributed by atoms with Crippen molar-refractivity contribution in [3.63, 3.8) is 0 Å². The quantitative estimate of drug-likeness (QED) is 0.644. The van der Waals surface area contributed by atoms with Crippen molar-refractivity contribution in [1.82, 2.24) is 10.2 Å². The Balaban J connectivity index is 2.27. The van der Waals surface area contributed by atoms with Crippen molar-refractivity contribution in [3.8, 4) is 5.75 Å². The first-order valence-electron chi connectivity index (χ1n) is 6.37. The summed E-state index contributed by atoms with van der Waals surface area (Å²) in [6.45, 7) is 3.51. The van der Waals surface area contributed by atoms with E-state index in [1.165, 1.54) is 12.0 Å². The van der Waals surface area contributed by atoms with Crippen LogP contribution in [0.4, 0.5) is 4.79 Å². The number of carbonyl (C=O) groups excluding carboxylic acids is 2. The number of ether oxygens (including phenoxy) is 1. The summed E-state index contributed by atoms with van der Waals surface area (Å²) < 4.78 is 5.23. The molecule has 1 saturated heterocycles. The largest absolute Gasteiger partial charge is 0.496 e. The van der Waals surface area contributed by atoms with Crippen LogP contribution in [-0.2, 0) is 11.3 Å². The van der Waals surface area contributed by atoms with Gasteiger partial charge in [0.05, 0.1) is 19.2 Å². The molecule has 1 aromatic rings. The summed E-state index contributed by atoms with van der Waals surface area (Å²) in [7, 11) is 1.51. The molecule has 1 fully saturated rings. The molecule has 1 aliphatic rings. The number of nitrogens with zero attached hydrogens (tertiary/aromatic N) is 1. The Morgan fingerprint density at radius 3 is 2.57 bits per heavy atom. The number of rotatable bonds is 4. The molecule has 112 valence electrons. The predicted molar refractivity (Wildman–Crippen MR) is 82.0 cm³/mol. The lowest BCUT2D eigenvalue weighted by molar-refractivity contribution is -0.130. The maximum Gasteiger partial charge on any atom is 0.325 e. The first kappa shape index (κ1) is 15.2. The molecule has 0 atom stereocenters. The number of thiocarbonyl (C=S) groups is 1. The number of carbonyl (C=O) groups is 2. The molecular weight excluding hydrogens is 290 g/mol. The van der Waals surface area contributed by atoms with Gasteiger partial charge in [0.1, 0.15) is 16.3 Å². The minimum Gasteiger partial charge on any atom is -0.496 e. The van der Waals surface area contributed by atoms with E-state index in [1.54, 1.807) is 32.0 Å². The topological polar surface area (TPSA) is 84.7 Å². The Morgan fingerprint density at radius 2 is 2.10 bits per heavy atom. The number of hydrogen-bond acceptors (Lipinski definition) is 4. The van der Waals surface area contributed by atoms with Crippen molar-refractivity contribution in [2.75, 3.05) is 7.11 Å². The first-order chi connectivity index (χ1) is 9.76. The van der Waals surface area contributed by atoms with Crippen LogP contribution < -0.4 is 15.8 Å². The van der Waals surface area contributed by atoms with E-state index in [1.807, 2.05) is 0 Å². The molecule has 2 rings (SSSR count). The molecule has 21 heavy (non-hydrogen) atoms. The zero-order chi connectivity index (χ0) is 15.8. The molecule has 3 N–H and O–H groups in total. The summed E-state index contributed by atoms with van der Waals surface area (Å²) in [4.78, 5) is 25.4. The van der Waals surface area contributed by atoms with Crippen LogP contribution in [0.2, 0.25) is 0 Å². The van der Waals surface area contributed by atoms with Crippen LogP contribution in [0.3, 0.4) is 0 Å². The lowest BCUT2D eigenvalue weighted by Crippen LogP contribution is -2.40. The lowest BCUT2D eigenvalue weighted by atomic mass is 10.1. The normalized spacial score (nSPS) is 16.8. The monoisotopic (exact) mass is 307 g/mol. The summed E-state index contributed by atoms with van der Waals surface area (Å²) in [5.74, 6) is 0.260. The number of nitrogens with one attached hydrogen (secondary N) is 1. The van der Waals surface area contributed by atoms with E-state index in [9.17, 15) is 9.59 Å². The lowest BCUT2D eigenvalue weighted by Gasteiger charge is -2.17. The zero-order valence-corrected chi connectivity index (χ0v) is 12.9. The Bertz CT molecular complexity index is 628. The third-order valence-electron chi connectivity index (χ3n) is 3.32. The van der Waals surface area contributed by atoms with Gasteiger partial charge in [-0.2, -0.15) is 0 Å². The summed E-state index contributed by atoms with van der Waals surface area (Å²) >= 11 is 4.94. The maximum atomic E-state index is 12.1. The second-order valence-corrected chi connectivity index (χ2v) is 5.79. The van der Waals surface area contributed by atoms with Crippen LogP contribution in [-0.4, -0.2) is 34.5 Å². The minimum absolute atomic E-state index is 0.169. The smallest absolute Gasteiger partial charge is 0.325 e. The summed E-state index contributed by atoms with van der Waals surface area (Å²) in [5, 5.41) is 2.64. The fourth-order valence-electron chi connectivity index (χ4n) is 2.18. The van der Waals surface area contributed by atoms with E-state index in [2.05, 4.69) is 5.32 Å².